The number of rotatable bonds is 13. The summed E-state index contributed by atoms with van der Waals surface area (Å²) >= 11 is 1.24. The maximum Gasteiger partial charge on any atom is 0.303 e. The lowest BCUT2D eigenvalue weighted by Gasteiger charge is -2.23. The summed E-state index contributed by atoms with van der Waals surface area (Å²) in [6.07, 6.45) is 3.89. The third-order valence-electron chi connectivity index (χ3n) is 6.16. The smallest absolute Gasteiger partial charge is 0.303 e. The molecule has 1 atom stereocenters. The Morgan fingerprint density at radius 3 is 2.53 bits per heavy atom. The summed E-state index contributed by atoms with van der Waals surface area (Å²) in [5.74, 6) is -0.358. The number of thioether (sulfide) groups is 1. The molecule has 3 aromatic rings. The van der Waals surface area contributed by atoms with E-state index >= 15 is 0 Å². The first-order valence-corrected chi connectivity index (χ1v) is 15.0. The molecule has 0 spiro atoms. The molecular formula is C26H31N5O5S2. The number of aliphatic carboxylic acids is 1. The van der Waals surface area contributed by atoms with Gasteiger partial charge in [-0.1, -0.05) is 52.7 Å². The SMILES string of the molecule is O=C(O)CCCCCNC(=O)CSc1nnc(-c2cccc([S+](=O)([O-])N3CCCC3)c2)n1-c1ccccc1. The lowest BCUT2D eigenvalue weighted by molar-refractivity contribution is -0.137. The first kappa shape index (κ1) is 28.0. The summed E-state index contributed by atoms with van der Waals surface area (Å²) in [6, 6.07) is 16.2. The summed E-state index contributed by atoms with van der Waals surface area (Å²) in [5, 5.41) is 20.8. The Morgan fingerprint density at radius 2 is 1.79 bits per heavy atom. The third-order valence-corrected chi connectivity index (χ3v) is 8.99. The average Bonchev–Trinajstić information content (AvgIpc) is 3.61. The van der Waals surface area contributed by atoms with Crippen molar-refractivity contribution < 1.29 is 23.5 Å². The number of para-hydroxylation sites is 1. The number of benzene rings is 2. The van der Waals surface area contributed by atoms with E-state index in [4.69, 9.17) is 5.11 Å². The maximum absolute atomic E-state index is 13.1. The number of nitrogens with zero attached hydrogens (tertiary/aromatic N) is 4. The van der Waals surface area contributed by atoms with Crippen LogP contribution >= 0.6 is 11.8 Å². The first-order chi connectivity index (χ1) is 18.4. The molecule has 0 radical (unpaired) electrons. The van der Waals surface area contributed by atoms with Crippen molar-refractivity contribution in [3.05, 3.63) is 54.6 Å². The molecule has 1 unspecified atom stereocenters. The Hall–Kier alpha value is -3.06. The minimum absolute atomic E-state index is 0.128. The molecule has 4 rings (SSSR count). The van der Waals surface area contributed by atoms with Crippen LogP contribution in [0.1, 0.15) is 38.5 Å². The second-order valence-corrected chi connectivity index (χ2v) is 11.8. The molecule has 2 aromatic carbocycles. The normalized spacial score (nSPS) is 15.3. The Kier molecular flexibility index (Phi) is 9.67. The lowest BCUT2D eigenvalue weighted by atomic mass is 10.2. The molecule has 0 saturated carbocycles. The Balaban J connectivity index is 1.49. The highest BCUT2D eigenvalue weighted by atomic mass is 32.3. The van der Waals surface area contributed by atoms with Crippen LogP contribution in [0.5, 0.6) is 0 Å². The van der Waals surface area contributed by atoms with Gasteiger partial charge in [0.2, 0.25) is 5.91 Å². The highest BCUT2D eigenvalue weighted by Gasteiger charge is 2.33. The van der Waals surface area contributed by atoms with Crippen LogP contribution in [0.25, 0.3) is 17.1 Å². The topological polar surface area (TPSA) is 140 Å². The van der Waals surface area contributed by atoms with E-state index in [2.05, 4.69) is 15.5 Å². The molecule has 1 amide bonds. The van der Waals surface area contributed by atoms with Gasteiger partial charge < -0.3 is 15.0 Å². The number of aromatic nitrogens is 3. The number of amides is 1. The number of sulfonamides is 1. The van der Waals surface area contributed by atoms with E-state index in [1.165, 1.54) is 16.1 Å². The van der Waals surface area contributed by atoms with Crippen LogP contribution in [0.4, 0.5) is 0 Å². The second-order valence-electron chi connectivity index (χ2n) is 8.96. The zero-order valence-electron chi connectivity index (χ0n) is 21.0. The summed E-state index contributed by atoms with van der Waals surface area (Å²) in [7, 11) is -3.59. The summed E-state index contributed by atoms with van der Waals surface area (Å²) in [6.45, 7) is 1.53. The van der Waals surface area contributed by atoms with Crippen molar-refractivity contribution in [2.45, 2.75) is 48.6 Å². The van der Waals surface area contributed by atoms with Gasteiger partial charge in [-0.25, -0.2) is 0 Å². The number of carboxylic acids is 1. The third kappa shape index (κ3) is 7.07. The first-order valence-electron chi connectivity index (χ1n) is 12.6. The van der Waals surface area contributed by atoms with E-state index in [1.807, 2.05) is 34.9 Å². The highest BCUT2D eigenvalue weighted by Crippen LogP contribution is 2.31. The largest absolute Gasteiger partial charge is 0.593 e. The van der Waals surface area contributed by atoms with E-state index in [-0.39, 0.29) is 23.0 Å². The molecule has 2 heterocycles. The molecule has 1 fully saturated rings. The van der Waals surface area contributed by atoms with E-state index in [0.717, 1.165) is 24.9 Å². The number of carbonyl (C=O) groups is 2. The molecular weight excluding hydrogens is 526 g/mol. The lowest BCUT2D eigenvalue weighted by Crippen LogP contribution is -2.33. The van der Waals surface area contributed by atoms with E-state index in [9.17, 15) is 18.4 Å². The predicted octanol–water partition coefficient (Wildman–Crippen LogP) is 3.79. The molecule has 10 nitrogen and oxygen atoms in total. The van der Waals surface area contributed by atoms with E-state index in [1.54, 1.807) is 24.3 Å². The molecule has 2 N–H and O–H groups in total. The van der Waals surface area contributed by atoms with E-state index < -0.39 is 16.4 Å². The van der Waals surface area contributed by atoms with Crippen molar-refractivity contribution in [2.24, 2.45) is 0 Å². The van der Waals surface area contributed by atoms with Crippen LogP contribution < -0.4 is 5.32 Å². The number of unbranched alkanes of at least 4 members (excludes halogenated alkanes) is 2. The number of carboxylic acid groups (broad SMARTS) is 1. The van der Waals surface area contributed by atoms with Crippen LogP contribution in [-0.2, 0) is 24.2 Å². The molecule has 202 valence electrons. The van der Waals surface area contributed by atoms with Gasteiger partial charge in [-0.3, -0.25) is 14.2 Å². The van der Waals surface area contributed by atoms with Gasteiger partial charge in [0.25, 0.3) is 0 Å². The van der Waals surface area contributed by atoms with Gasteiger partial charge in [-0.15, -0.1) is 14.5 Å². The minimum Gasteiger partial charge on any atom is -0.593 e. The Bertz CT molecular complexity index is 1290. The van der Waals surface area contributed by atoms with Gasteiger partial charge in [0.15, 0.2) is 26.3 Å². The molecule has 1 saturated heterocycles. The van der Waals surface area contributed by atoms with Crippen molar-refractivity contribution in [1.82, 2.24) is 24.4 Å². The molecule has 12 heteroatoms. The zero-order chi connectivity index (χ0) is 27.0. The number of hydrogen-bond acceptors (Lipinski definition) is 7. The van der Waals surface area contributed by atoms with Crippen LogP contribution in [0.2, 0.25) is 0 Å². The van der Waals surface area contributed by atoms with Crippen molar-refractivity contribution in [1.29, 1.82) is 0 Å². The number of nitrogens with one attached hydrogen (secondary N) is 1. The average molecular weight is 558 g/mol. The van der Waals surface area contributed by atoms with Crippen molar-refractivity contribution >= 4 is 34.0 Å². The molecule has 1 aliphatic rings. The van der Waals surface area contributed by atoms with E-state index in [0.29, 0.717) is 49.0 Å². The molecule has 1 aromatic heterocycles. The fourth-order valence-electron chi connectivity index (χ4n) is 4.22. The van der Waals surface area contributed by atoms with Gasteiger partial charge in [-0.05, 0) is 43.9 Å². The van der Waals surface area contributed by atoms with Crippen LogP contribution in [0.15, 0.2) is 64.6 Å². The van der Waals surface area contributed by atoms with Crippen LogP contribution in [0, 0.1) is 0 Å². The second kappa shape index (κ2) is 13.1. The minimum atomic E-state index is -3.59. The standard InChI is InChI=1S/C26H31N5O5S2/c32-23(27-15-6-2-5-14-24(33)34)19-37-26-29-28-25(31(26)21-11-3-1-4-12-21)20-10-9-13-22(18-20)38(35,36)30-16-7-8-17-30/h1,3-4,9-13,18H,2,5-8,14-17,19H2,(H2-,27,32,33,34,35,36). The summed E-state index contributed by atoms with van der Waals surface area (Å²) in [5.41, 5.74) is 1.40. The van der Waals surface area contributed by atoms with Gasteiger partial charge in [0.1, 0.15) is 0 Å². The fourth-order valence-corrected chi connectivity index (χ4v) is 6.57. The molecule has 38 heavy (non-hydrogen) atoms. The maximum atomic E-state index is 13.1. The van der Waals surface area contributed by atoms with Gasteiger partial charge >= 0.3 is 5.97 Å². The van der Waals surface area contributed by atoms with Gasteiger partial charge in [0, 0.05) is 43.4 Å². The zero-order valence-corrected chi connectivity index (χ0v) is 22.6. The summed E-state index contributed by atoms with van der Waals surface area (Å²) in [4.78, 5) is 23.2. The van der Waals surface area contributed by atoms with Crippen molar-refractivity contribution in [2.75, 3.05) is 25.4 Å². The van der Waals surface area contributed by atoms with Crippen LogP contribution in [0.3, 0.4) is 0 Å². The summed E-state index contributed by atoms with van der Waals surface area (Å²) < 4.78 is 29.6. The quantitative estimate of drug-likeness (QED) is 0.184. The highest BCUT2D eigenvalue weighted by molar-refractivity contribution is 7.99. The van der Waals surface area contributed by atoms with Crippen LogP contribution in [-0.4, -0.2) is 66.0 Å². The van der Waals surface area contributed by atoms with Gasteiger partial charge in [0.05, 0.1) is 5.75 Å². The molecule has 0 aliphatic carbocycles. The van der Waals surface area contributed by atoms with Gasteiger partial charge in [-0.2, -0.15) is 0 Å². The van der Waals surface area contributed by atoms with Crippen molar-refractivity contribution in [3.8, 4) is 17.1 Å². The molecule has 1 aliphatic heterocycles. The number of hydrogen-bond donors (Lipinski definition) is 2. The monoisotopic (exact) mass is 557 g/mol. The van der Waals surface area contributed by atoms with Crippen molar-refractivity contribution in [3.63, 3.8) is 0 Å². The Labute approximate surface area is 227 Å². The Morgan fingerprint density at radius 1 is 1.03 bits per heavy atom. The fraction of sp³-hybridized carbons (Fsp3) is 0.385. The predicted molar refractivity (Wildman–Crippen MR) is 145 cm³/mol. The molecule has 0 bridgehead atoms. The number of carbonyl (C=O) groups excluding carboxylic acids is 1.